The minimum Gasteiger partial charge on any atom is -0.508 e. The van der Waals surface area contributed by atoms with Gasteiger partial charge in [-0.15, -0.1) is 0 Å². The van der Waals surface area contributed by atoms with E-state index in [2.05, 4.69) is 5.32 Å². The zero-order chi connectivity index (χ0) is 27.8. The number of hydrogen-bond donors (Lipinski definition) is 2. The molecule has 0 radical (unpaired) electrons. The first-order chi connectivity index (χ1) is 18.8. The lowest BCUT2D eigenvalue weighted by Gasteiger charge is -2.24. The number of phenols is 1. The van der Waals surface area contributed by atoms with Gasteiger partial charge in [0.25, 0.3) is 15.9 Å². The number of esters is 1. The predicted molar refractivity (Wildman–Crippen MR) is 145 cm³/mol. The van der Waals surface area contributed by atoms with Crippen molar-refractivity contribution in [1.29, 1.82) is 0 Å². The highest BCUT2D eigenvalue weighted by Gasteiger charge is 2.28. The van der Waals surface area contributed by atoms with Crippen molar-refractivity contribution in [3.63, 3.8) is 0 Å². The van der Waals surface area contributed by atoms with E-state index in [1.165, 1.54) is 43.5 Å². The Hall–Kier alpha value is -4.83. The number of hydrogen-bond acceptors (Lipinski definition) is 7. The number of nitrogens with zero attached hydrogens (tertiary/aromatic N) is 1. The molecule has 200 valence electrons. The molecule has 0 heterocycles. The predicted octanol–water partition coefficient (Wildman–Crippen LogP) is 4.10. The van der Waals surface area contributed by atoms with Crippen LogP contribution in [0.4, 0.5) is 5.69 Å². The number of aromatic hydroxyl groups is 1. The first-order valence-electron chi connectivity index (χ1n) is 11.9. The monoisotopic (exact) mass is 546 g/mol. The van der Waals surface area contributed by atoms with Crippen molar-refractivity contribution in [2.45, 2.75) is 17.4 Å². The summed E-state index contributed by atoms with van der Waals surface area (Å²) in [6.07, 6.45) is 0.133. The second-order valence-corrected chi connectivity index (χ2v) is 10.2. The standard InChI is InChI=1S/C29H26N2O7S/c1-37-29(34)27(20-21-12-16-24(32)17-13-21)30-28(33)22-14-18-26(19-15-22)39(35,36)31(23-8-4-2-5-9-23)38-25-10-6-3-7-11-25/h2-19,27,32H,20H2,1H3,(H,30,33). The van der Waals surface area contributed by atoms with E-state index in [0.29, 0.717) is 17.0 Å². The molecule has 0 spiro atoms. The topological polar surface area (TPSA) is 122 Å². The largest absolute Gasteiger partial charge is 0.508 e. The van der Waals surface area contributed by atoms with Crippen molar-refractivity contribution in [3.8, 4) is 11.5 Å². The van der Waals surface area contributed by atoms with Crippen LogP contribution in [0.2, 0.25) is 0 Å². The van der Waals surface area contributed by atoms with Gasteiger partial charge >= 0.3 is 5.97 Å². The van der Waals surface area contributed by atoms with Gasteiger partial charge in [-0.25, -0.2) is 4.79 Å². The van der Waals surface area contributed by atoms with E-state index in [9.17, 15) is 23.1 Å². The Balaban J connectivity index is 1.55. The summed E-state index contributed by atoms with van der Waals surface area (Å²) >= 11 is 0. The van der Waals surface area contributed by atoms with Crippen molar-refractivity contribution < 1.29 is 32.7 Å². The highest BCUT2D eigenvalue weighted by molar-refractivity contribution is 7.92. The third-order valence-electron chi connectivity index (χ3n) is 5.70. The Morgan fingerprint density at radius 3 is 2.03 bits per heavy atom. The quantitative estimate of drug-likeness (QED) is 0.227. The van der Waals surface area contributed by atoms with E-state index in [1.54, 1.807) is 72.8 Å². The number of nitrogens with one attached hydrogen (secondary N) is 1. The van der Waals surface area contributed by atoms with Crippen molar-refractivity contribution in [2.75, 3.05) is 11.6 Å². The minimum atomic E-state index is -4.19. The number of ether oxygens (including phenoxy) is 1. The van der Waals surface area contributed by atoms with E-state index in [1.807, 2.05) is 0 Å². The molecule has 0 aromatic heterocycles. The molecule has 0 saturated heterocycles. The van der Waals surface area contributed by atoms with Gasteiger partial charge in [-0.05, 0) is 66.2 Å². The summed E-state index contributed by atoms with van der Waals surface area (Å²) in [5.41, 5.74) is 1.13. The molecule has 0 bridgehead atoms. The summed E-state index contributed by atoms with van der Waals surface area (Å²) in [6, 6.07) is 27.3. The summed E-state index contributed by atoms with van der Waals surface area (Å²) in [6.45, 7) is 0. The lowest BCUT2D eigenvalue weighted by Crippen LogP contribution is -2.43. The summed E-state index contributed by atoms with van der Waals surface area (Å²) in [5.74, 6) is -0.836. The number of phenolic OH excluding ortho intramolecular Hbond substituents is 1. The van der Waals surface area contributed by atoms with Gasteiger partial charge in [0.15, 0.2) is 5.75 Å². The van der Waals surface area contributed by atoms with Crippen LogP contribution in [-0.4, -0.2) is 38.6 Å². The van der Waals surface area contributed by atoms with Gasteiger partial charge in [-0.1, -0.05) is 53.0 Å². The van der Waals surface area contributed by atoms with Crippen molar-refractivity contribution in [3.05, 3.63) is 120 Å². The number of sulfonamides is 1. The van der Waals surface area contributed by atoms with Crippen molar-refractivity contribution in [1.82, 2.24) is 5.32 Å². The maximum atomic E-state index is 13.6. The first kappa shape index (κ1) is 27.2. The number of carbonyl (C=O) groups is 2. The first-order valence-corrected chi connectivity index (χ1v) is 13.3. The number of carbonyl (C=O) groups excluding carboxylic acids is 2. The van der Waals surface area contributed by atoms with E-state index in [4.69, 9.17) is 9.57 Å². The SMILES string of the molecule is COC(=O)C(Cc1ccc(O)cc1)NC(=O)c1ccc(S(=O)(=O)N(Oc2ccccc2)c2ccccc2)cc1. The molecule has 9 nitrogen and oxygen atoms in total. The Labute approximate surface area is 226 Å². The lowest BCUT2D eigenvalue weighted by molar-refractivity contribution is -0.142. The van der Waals surface area contributed by atoms with Crippen molar-refractivity contribution in [2.24, 2.45) is 0 Å². The van der Waals surface area contributed by atoms with Crippen molar-refractivity contribution >= 4 is 27.6 Å². The molecule has 0 aliphatic heterocycles. The maximum absolute atomic E-state index is 13.6. The molecule has 1 atom stereocenters. The maximum Gasteiger partial charge on any atom is 0.328 e. The van der Waals surface area contributed by atoms with Crippen LogP contribution in [0.1, 0.15) is 15.9 Å². The molecule has 39 heavy (non-hydrogen) atoms. The number of benzene rings is 4. The summed E-state index contributed by atoms with van der Waals surface area (Å²) in [7, 11) is -2.98. The van der Waals surface area contributed by atoms with Crippen LogP contribution in [0.15, 0.2) is 114 Å². The number of para-hydroxylation sites is 2. The van der Waals surface area contributed by atoms with Crippen LogP contribution in [0.25, 0.3) is 0 Å². The van der Waals surface area contributed by atoms with Gasteiger partial charge < -0.3 is 20.0 Å². The molecule has 2 N–H and O–H groups in total. The zero-order valence-electron chi connectivity index (χ0n) is 20.9. The Kier molecular flexibility index (Phi) is 8.47. The fourth-order valence-electron chi connectivity index (χ4n) is 3.69. The van der Waals surface area contributed by atoms with E-state index < -0.39 is 27.9 Å². The highest BCUT2D eigenvalue weighted by atomic mass is 32.2. The van der Waals surface area contributed by atoms with Gasteiger partial charge in [0, 0.05) is 12.0 Å². The second kappa shape index (κ2) is 12.1. The van der Waals surface area contributed by atoms with Gasteiger partial charge in [0.2, 0.25) is 0 Å². The van der Waals surface area contributed by atoms with Gasteiger partial charge in [-0.2, -0.15) is 8.42 Å². The lowest BCUT2D eigenvalue weighted by atomic mass is 10.1. The molecule has 1 amide bonds. The Morgan fingerprint density at radius 1 is 0.846 bits per heavy atom. The second-order valence-electron chi connectivity index (χ2n) is 8.42. The summed E-state index contributed by atoms with van der Waals surface area (Å²) < 4.78 is 32.8. The van der Waals surface area contributed by atoms with Crippen LogP contribution in [0.5, 0.6) is 11.5 Å². The molecule has 0 aliphatic rings. The summed E-state index contributed by atoms with van der Waals surface area (Å²) in [4.78, 5) is 30.9. The molecular weight excluding hydrogens is 520 g/mol. The Bertz CT molecular complexity index is 1510. The minimum absolute atomic E-state index is 0.0763. The molecule has 4 aromatic carbocycles. The number of amides is 1. The number of methoxy groups -OCH3 is 1. The fourth-order valence-corrected chi connectivity index (χ4v) is 4.94. The van der Waals surface area contributed by atoms with E-state index >= 15 is 0 Å². The Morgan fingerprint density at radius 2 is 1.44 bits per heavy atom. The average molecular weight is 547 g/mol. The molecule has 10 heteroatoms. The highest BCUT2D eigenvalue weighted by Crippen LogP contribution is 2.26. The molecule has 4 aromatic rings. The smallest absolute Gasteiger partial charge is 0.328 e. The van der Waals surface area contributed by atoms with Crippen LogP contribution in [0, 0.1) is 0 Å². The third-order valence-corrected chi connectivity index (χ3v) is 7.29. The normalized spacial score (nSPS) is 11.7. The van der Waals surface area contributed by atoms with Crippen LogP contribution in [0.3, 0.4) is 0 Å². The third kappa shape index (κ3) is 6.74. The van der Waals surface area contributed by atoms with E-state index in [-0.39, 0.29) is 22.6 Å². The van der Waals surface area contributed by atoms with E-state index in [0.717, 1.165) is 4.47 Å². The summed E-state index contributed by atoms with van der Waals surface area (Å²) in [5, 5.41) is 12.1. The van der Waals surface area contributed by atoms with Crippen LogP contribution >= 0.6 is 0 Å². The van der Waals surface area contributed by atoms with Crippen LogP contribution in [-0.2, 0) is 26.0 Å². The van der Waals surface area contributed by atoms with Gasteiger partial charge in [-0.3, -0.25) is 4.79 Å². The molecular formula is C29H26N2O7S. The molecule has 0 fully saturated rings. The fraction of sp³-hybridized carbons (Fsp3) is 0.103. The van der Waals surface area contributed by atoms with Crippen LogP contribution < -0.4 is 14.6 Å². The molecule has 4 rings (SSSR count). The average Bonchev–Trinajstić information content (AvgIpc) is 2.97. The number of anilines is 1. The van der Waals surface area contributed by atoms with Gasteiger partial charge in [0.1, 0.15) is 11.8 Å². The molecule has 1 unspecified atom stereocenters. The molecule has 0 aliphatic carbocycles. The number of rotatable bonds is 10. The zero-order valence-corrected chi connectivity index (χ0v) is 21.7. The van der Waals surface area contributed by atoms with Gasteiger partial charge in [0.05, 0.1) is 17.7 Å². The molecule has 0 saturated carbocycles.